The van der Waals surface area contributed by atoms with Gasteiger partial charge in [-0.3, -0.25) is 0 Å². The standard InChI is InChI=1S/C19H24FNO2/c1-4-11-21-17(12-14-5-8-16(20)9-6-14)15-7-10-18(22-2)19(13-15)23-3/h5-10,13,17,21H,4,11-12H2,1-3H3. The summed E-state index contributed by atoms with van der Waals surface area (Å²) >= 11 is 0. The lowest BCUT2D eigenvalue weighted by Crippen LogP contribution is -2.24. The molecule has 1 unspecified atom stereocenters. The third-order valence-electron chi connectivity index (χ3n) is 3.80. The van der Waals surface area contributed by atoms with Crippen molar-refractivity contribution in [2.24, 2.45) is 0 Å². The van der Waals surface area contributed by atoms with E-state index in [9.17, 15) is 4.39 Å². The summed E-state index contributed by atoms with van der Waals surface area (Å²) in [5.41, 5.74) is 2.22. The SMILES string of the molecule is CCCNC(Cc1ccc(F)cc1)c1ccc(OC)c(OC)c1. The van der Waals surface area contributed by atoms with E-state index < -0.39 is 0 Å². The third-order valence-corrected chi connectivity index (χ3v) is 3.80. The molecule has 0 amide bonds. The summed E-state index contributed by atoms with van der Waals surface area (Å²) in [4.78, 5) is 0. The van der Waals surface area contributed by atoms with Gasteiger partial charge >= 0.3 is 0 Å². The Morgan fingerprint density at radius 3 is 2.30 bits per heavy atom. The Morgan fingerprint density at radius 1 is 1.00 bits per heavy atom. The number of rotatable bonds is 8. The van der Waals surface area contributed by atoms with Crippen molar-refractivity contribution in [1.82, 2.24) is 5.32 Å². The highest BCUT2D eigenvalue weighted by Gasteiger charge is 2.14. The largest absolute Gasteiger partial charge is 0.493 e. The molecule has 0 heterocycles. The van der Waals surface area contributed by atoms with Crippen molar-refractivity contribution in [2.45, 2.75) is 25.8 Å². The molecule has 124 valence electrons. The average molecular weight is 317 g/mol. The Labute approximate surface area is 137 Å². The molecule has 23 heavy (non-hydrogen) atoms. The highest BCUT2D eigenvalue weighted by Crippen LogP contribution is 2.31. The predicted octanol–water partition coefficient (Wildman–Crippen LogP) is 4.13. The number of hydrogen-bond donors (Lipinski definition) is 1. The van der Waals surface area contributed by atoms with E-state index in [-0.39, 0.29) is 11.9 Å². The van der Waals surface area contributed by atoms with Crippen LogP contribution in [-0.4, -0.2) is 20.8 Å². The number of ether oxygens (including phenoxy) is 2. The molecule has 2 aromatic rings. The first-order valence-corrected chi connectivity index (χ1v) is 7.87. The lowest BCUT2D eigenvalue weighted by molar-refractivity contribution is 0.353. The van der Waals surface area contributed by atoms with Gasteiger partial charge in [-0.2, -0.15) is 0 Å². The molecular weight excluding hydrogens is 293 g/mol. The van der Waals surface area contributed by atoms with Crippen LogP contribution in [-0.2, 0) is 6.42 Å². The van der Waals surface area contributed by atoms with E-state index in [1.54, 1.807) is 14.2 Å². The topological polar surface area (TPSA) is 30.5 Å². The molecule has 0 spiro atoms. The van der Waals surface area contributed by atoms with Gasteiger partial charge in [0, 0.05) is 6.04 Å². The first kappa shape index (κ1) is 17.3. The van der Waals surface area contributed by atoms with Crippen LogP contribution < -0.4 is 14.8 Å². The van der Waals surface area contributed by atoms with Crippen molar-refractivity contribution >= 4 is 0 Å². The molecule has 0 saturated carbocycles. The van der Waals surface area contributed by atoms with Crippen molar-refractivity contribution in [1.29, 1.82) is 0 Å². The summed E-state index contributed by atoms with van der Waals surface area (Å²) < 4.78 is 23.8. The van der Waals surface area contributed by atoms with Gasteiger partial charge in [0.25, 0.3) is 0 Å². The van der Waals surface area contributed by atoms with E-state index in [4.69, 9.17) is 9.47 Å². The van der Waals surface area contributed by atoms with Crippen molar-refractivity contribution in [3.05, 3.63) is 59.4 Å². The summed E-state index contributed by atoms with van der Waals surface area (Å²) in [6.45, 7) is 3.05. The Bertz CT molecular complexity index is 613. The van der Waals surface area contributed by atoms with Crippen LogP contribution in [0.5, 0.6) is 11.5 Å². The van der Waals surface area contributed by atoms with Crippen LogP contribution in [0.1, 0.15) is 30.5 Å². The van der Waals surface area contributed by atoms with E-state index in [1.807, 2.05) is 30.3 Å². The van der Waals surface area contributed by atoms with Crippen molar-refractivity contribution in [3.8, 4) is 11.5 Å². The van der Waals surface area contributed by atoms with Crippen LogP contribution in [0, 0.1) is 5.82 Å². The van der Waals surface area contributed by atoms with E-state index in [2.05, 4.69) is 12.2 Å². The second kappa shape index (κ2) is 8.53. The van der Waals surface area contributed by atoms with Gasteiger partial charge in [0.05, 0.1) is 14.2 Å². The molecule has 1 N–H and O–H groups in total. The molecule has 0 bridgehead atoms. The van der Waals surface area contributed by atoms with E-state index in [1.165, 1.54) is 12.1 Å². The average Bonchev–Trinajstić information content (AvgIpc) is 2.59. The Balaban J connectivity index is 2.24. The van der Waals surface area contributed by atoms with Crippen LogP contribution in [0.2, 0.25) is 0 Å². The van der Waals surface area contributed by atoms with E-state index >= 15 is 0 Å². The van der Waals surface area contributed by atoms with E-state index in [0.717, 1.165) is 30.5 Å². The second-order valence-corrected chi connectivity index (χ2v) is 5.45. The highest BCUT2D eigenvalue weighted by molar-refractivity contribution is 5.44. The molecule has 0 fully saturated rings. The molecule has 2 rings (SSSR count). The van der Waals surface area contributed by atoms with E-state index in [0.29, 0.717) is 11.5 Å². The molecular formula is C19H24FNO2. The Morgan fingerprint density at radius 2 is 1.70 bits per heavy atom. The quantitative estimate of drug-likeness (QED) is 0.794. The zero-order valence-electron chi connectivity index (χ0n) is 13.9. The van der Waals surface area contributed by atoms with Gasteiger partial charge < -0.3 is 14.8 Å². The molecule has 0 radical (unpaired) electrons. The first-order chi connectivity index (χ1) is 11.2. The number of halogens is 1. The number of nitrogens with one attached hydrogen (secondary N) is 1. The lowest BCUT2D eigenvalue weighted by atomic mass is 9.98. The zero-order valence-corrected chi connectivity index (χ0v) is 13.9. The smallest absolute Gasteiger partial charge is 0.161 e. The Kier molecular flexibility index (Phi) is 6.41. The van der Waals surface area contributed by atoms with Crippen LogP contribution in [0.25, 0.3) is 0 Å². The fraction of sp³-hybridized carbons (Fsp3) is 0.368. The van der Waals surface area contributed by atoms with Crippen molar-refractivity contribution in [3.63, 3.8) is 0 Å². The highest BCUT2D eigenvalue weighted by atomic mass is 19.1. The van der Waals surface area contributed by atoms with Gasteiger partial charge in [-0.25, -0.2) is 4.39 Å². The molecule has 4 heteroatoms. The van der Waals surface area contributed by atoms with Crippen LogP contribution in [0.15, 0.2) is 42.5 Å². The van der Waals surface area contributed by atoms with Gasteiger partial charge in [0.1, 0.15) is 5.82 Å². The monoisotopic (exact) mass is 317 g/mol. The second-order valence-electron chi connectivity index (χ2n) is 5.45. The predicted molar refractivity (Wildman–Crippen MR) is 90.7 cm³/mol. The van der Waals surface area contributed by atoms with Gasteiger partial charge in [0.15, 0.2) is 11.5 Å². The van der Waals surface area contributed by atoms with Crippen LogP contribution in [0.3, 0.4) is 0 Å². The summed E-state index contributed by atoms with van der Waals surface area (Å²) in [6.07, 6.45) is 1.84. The minimum Gasteiger partial charge on any atom is -0.493 e. The minimum atomic E-state index is -0.210. The molecule has 0 aliphatic carbocycles. The van der Waals surface area contributed by atoms with Gasteiger partial charge in [-0.15, -0.1) is 0 Å². The number of benzene rings is 2. The fourth-order valence-corrected chi connectivity index (χ4v) is 2.55. The third kappa shape index (κ3) is 4.70. The summed E-state index contributed by atoms with van der Waals surface area (Å²) in [5, 5.41) is 3.55. The van der Waals surface area contributed by atoms with Gasteiger partial charge in [-0.05, 0) is 54.8 Å². The fourth-order valence-electron chi connectivity index (χ4n) is 2.55. The molecule has 0 aliphatic heterocycles. The molecule has 1 atom stereocenters. The maximum Gasteiger partial charge on any atom is 0.161 e. The Hall–Kier alpha value is -2.07. The number of hydrogen-bond acceptors (Lipinski definition) is 3. The van der Waals surface area contributed by atoms with Crippen molar-refractivity contribution < 1.29 is 13.9 Å². The molecule has 0 aromatic heterocycles. The summed E-state index contributed by atoms with van der Waals surface area (Å²) in [5.74, 6) is 1.22. The van der Waals surface area contributed by atoms with Gasteiger partial charge in [-0.1, -0.05) is 25.1 Å². The van der Waals surface area contributed by atoms with Crippen LogP contribution in [0.4, 0.5) is 4.39 Å². The first-order valence-electron chi connectivity index (χ1n) is 7.87. The zero-order chi connectivity index (χ0) is 16.7. The number of methoxy groups -OCH3 is 2. The normalized spacial score (nSPS) is 12.0. The maximum atomic E-state index is 13.1. The summed E-state index contributed by atoms with van der Waals surface area (Å²) in [7, 11) is 3.26. The molecule has 0 saturated heterocycles. The molecule has 3 nitrogen and oxygen atoms in total. The molecule has 2 aromatic carbocycles. The van der Waals surface area contributed by atoms with Gasteiger partial charge in [0.2, 0.25) is 0 Å². The maximum absolute atomic E-state index is 13.1. The molecule has 0 aliphatic rings. The minimum absolute atomic E-state index is 0.139. The lowest BCUT2D eigenvalue weighted by Gasteiger charge is -2.20. The summed E-state index contributed by atoms with van der Waals surface area (Å²) in [6, 6.07) is 12.8. The van der Waals surface area contributed by atoms with Crippen molar-refractivity contribution in [2.75, 3.05) is 20.8 Å². The van der Waals surface area contributed by atoms with Crippen LogP contribution >= 0.6 is 0 Å².